The highest BCUT2D eigenvalue weighted by Gasteiger charge is 2.09. The summed E-state index contributed by atoms with van der Waals surface area (Å²) in [6.07, 6.45) is 0. The Hall–Kier alpha value is -0.530. The molecule has 0 amide bonds. The summed E-state index contributed by atoms with van der Waals surface area (Å²) in [6, 6.07) is 0. The van der Waals surface area contributed by atoms with Gasteiger partial charge < -0.3 is 0 Å². The third-order valence-electron chi connectivity index (χ3n) is 0.583. The molecule has 0 bridgehead atoms. The summed E-state index contributed by atoms with van der Waals surface area (Å²) in [4.78, 5) is 0. The molecule has 2 N–H and O–H groups in total. The molecule has 0 radical (unpaired) electrons. The molecule has 1 aromatic rings. The lowest BCUT2D eigenvalue weighted by Crippen LogP contribution is -2.11. The minimum absolute atomic E-state index is 0.150. The molecular weight excluding hydrogens is 162 g/mol. The molecule has 7 heteroatoms. The van der Waals surface area contributed by atoms with Crippen LogP contribution >= 0.6 is 11.3 Å². The average molecular weight is 165 g/mol. The van der Waals surface area contributed by atoms with Crippen molar-refractivity contribution in [1.29, 1.82) is 0 Å². The van der Waals surface area contributed by atoms with Gasteiger partial charge in [0, 0.05) is 0 Å². The number of aromatic nitrogens is 2. The summed E-state index contributed by atoms with van der Waals surface area (Å²) in [6.45, 7) is 0. The largest absolute Gasteiger partial charge is 0.267 e. The number of sulfonamides is 1. The molecule has 0 saturated heterocycles. The van der Waals surface area contributed by atoms with Gasteiger partial charge in [-0.3, -0.25) is 0 Å². The first-order valence-corrected chi connectivity index (χ1v) is 4.32. The van der Waals surface area contributed by atoms with Crippen molar-refractivity contribution < 1.29 is 8.42 Å². The SMILES string of the molecule is NS(=O)(=O)c1nncs1. The molecular formula is C2H3N3O2S2. The molecule has 1 rings (SSSR count). The topological polar surface area (TPSA) is 85.9 Å². The zero-order valence-corrected chi connectivity index (χ0v) is 5.82. The van der Waals surface area contributed by atoms with Gasteiger partial charge >= 0.3 is 0 Å². The predicted molar refractivity (Wildman–Crippen MR) is 31.3 cm³/mol. The molecule has 0 aromatic carbocycles. The maximum Gasteiger partial charge on any atom is 0.267 e. The molecule has 0 fully saturated rings. The van der Waals surface area contributed by atoms with Gasteiger partial charge in [-0.05, 0) is 0 Å². The maximum absolute atomic E-state index is 10.4. The van der Waals surface area contributed by atoms with Gasteiger partial charge in [0.2, 0.25) is 4.34 Å². The third-order valence-corrected chi connectivity index (χ3v) is 2.62. The van der Waals surface area contributed by atoms with Crippen molar-refractivity contribution >= 4 is 21.4 Å². The Balaban J connectivity index is 3.20. The summed E-state index contributed by atoms with van der Waals surface area (Å²) in [5, 5.41) is 11.2. The summed E-state index contributed by atoms with van der Waals surface area (Å²) < 4.78 is 20.6. The number of hydrogen-bond acceptors (Lipinski definition) is 5. The molecule has 0 atom stereocenters. The van der Waals surface area contributed by atoms with Crippen molar-refractivity contribution in [2.45, 2.75) is 4.34 Å². The Bertz CT molecular complexity index is 275. The Morgan fingerprint density at radius 3 is 2.56 bits per heavy atom. The minimum atomic E-state index is -3.61. The Morgan fingerprint density at radius 1 is 1.67 bits per heavy atom. The molecule has 50 valence electrons. The van der Waals surface area contributed by atoms with Crippen molar-refractivity contribution in [3.63, 3.8) is 0 Å². The zero-order valence-electron chi connectivity index (χ0n) is 4.18. The smallest absolute Gasteiger partial charge is 0.223 e. The van der Waals surface area contributed by atoms with Gasteiger partial charge in [-0.1, -0.05) is 11.3 Å². The van der Waals surface area contributed by atoms with E-state index in [2.05, 4.69) is 15.3 Å². The van der Waals surface area contributed by atoms with E-state index in [1.54, 1.807) is 0 Å². The second-order valence-corrected chi connectivity index (χ2v) is 3.82. The number of nitrogens with zero attached hydrogens (tertiary/aromatic N) is 2. The van der Waals surface area contributed by atoms with Crippen LogP contribution in [0.1, 0.15) is 0 Å². The van der Waals surface area contributed by atoms with E-state index >= 15 is 0 Å². The molecule has 1 aromatic heterocycles. The Morgan fingerprint density at radius 2 is 2.33 bits per heavy atom. The van der Waals surface area contributed by atoms with E-state index in [-0.39, 0.29) is 4.34 Å². The van der Waals surface area contributed by atoms with E-state index in [1.165, 1.54) is 5.51 Å². The van der Waals surface area contributed by atoms with Crippen LogP contribution in [-0.4, -0.2) is 18.6 Å². The van der Waals surface area contributed by atoms with Gasteiger partial charge in [0.25, 0.3) is 10.0 Å². The molecule has 0 saturated carbocycles. The van der Waals surface area contributed by atoms with E-state index in [0.717, 1.165) is 11.3 Å². The van der Waals surface area contributed by atoms with Gasteiger partial charge in [0.1, 0.15) is 5.51 Å². The molecule has 5 nitrogen and oxygen atoms in total. The fraction of sp³-hybridized carbons (Fsp3) is 0. The van der Waals surface area contributed by atoms with Crippen molar-refractivity contribution in [2.75, 3.05) is 0 Å². The molecule has 0 aliphatic rings. The van der Waals surface area contributed by atoms with E-state index in [9.17, 15) is 8.42 Å². The first-order chi connectivity index (χ1) is 4.11. The molecule has 9 heavy (non-hydrogen) atoms. The predicted octanol–water partition coefficient (Wildman–Crippen LogP) is -0.814. The molecule has 0 spiro atoms. The Labute approximate surface area is 55.6 Å². The van der Waals surface area contributed by atoms with Crippen LogP contribution in [0.25, 0.3) is 0 Å². The minimum Gasteiger partial charge on any atom is -0.223 e. The van der Waals surface area contributed by atoms with E-state index in [4.69, 9.17) is 0 Å². The van der Waals surface area contributed by atoms with Gasteiger partial charge in [-0.2, -0.15) is 0 Å². The zero-order chi connectivity index (χ0) is 6.91. The van der Waals surface area contributed by atoms with E-state index in [0.29, 0.717) is 0 Å². The lowest BCUT2D eigenvalue weighted by molar-refractivity contribution is 0.596. The summed E-state index contributed by atoms with van der Waals surface area (Å²) in [5.41, 5.74) is 1.31. The van der Waals surface area contributed by atoms with E-state index < -0.39 is 10.0 Å². The quantitative estimate of drug-likeness (QED) is 0.589. The van der Waals surface area contributed by atoms with Gasteiger partial charge in [-0.15, -0.1) is 10.2 Å². The van der Waals surface area contributed by atoms with Crippen molar-refractivity contribution in [3.8, 4) is 0 Å². The molecule has 0 aliphatic carbocycles. The lowest BCUT2D eigenvalue weighted by atomic mass is 11.6. The number of primary sulfonamides is 1. The van der Waals surface area contributed by atoms with Crippen LogP contribution in [-0.2, 0) is 10.0 Å². The number of rotatable bonds is 1. The highest BCUT2D eigenvalue weighted by atomic mass is 32.2. The van der Waals surface area contributed by atoms with Gasteiger partial charge in [-0.25, -0.2) is 13.6 Å². The van der Waals surface area contributed by atoms with Crippen LogP contribution in [0.3, 0.4) is 0 Å². The normalized spacial score (nSPS) is 11.7. The monoisotopic (exact) mass is 165 g/mol. The molecule has 0 unspecified atom stereocenters. The van der Waals surface area contributed by atoms with Crippen molar-refractivity contribution in [1.82, 2.24) is 10.2 Å². The third kappa shape index (κ3) is 1.44. The summed E-state index contributed by atoms with van der Waals surface area (Å²) >= 11 is 0.895. The lowest BCUT2D eigenvalue weighted by Gasteiger charge is -1.83. The van der Waals surface area contributed by atoms with Gasteiger partial charge in [0.05, 0.1) is 0 Å². The highest BCUT2D eigenvalue weighted by Crippen LogP contribution is 2.05. The maximum atomic E-state index is 10.4. The second kappa shape index (κ2) is 2.01. The van der Waals surface area contributed by atoms with Crippen LogP contribution < -0.4 is 5.14 Å². The van der Waals surface area contributed by atoms with Crippen LogP contribution in [0, 0.1) is 0 Å². The standard InChI is InChI=1S/C2H3N3O2S2/c3-9(6,7)2-5-4-1-8-2/h1H,(H2,3,6,7). The first kappa shape index (κ1) is 6.59. The van der Waals surface area contributed by atoms with Crippen LogP contribution in [0.15, 0.2) is 9.85 Å². The van der Waals surface area contributed by atoms with Crippen LogP contribution in [0.5, 0.6) is 0 Å². The fourth-order valence-corrected chi connectivity index (χ4v) is 1.39. The van der Waals surface area contributed by atoms with Crippen molar-refractivity contribution in [3.05, 3.63) is 5.51 Å². The first-order valence-electron chi connectivity index (χ1n) is 1.89. The number of hydrogen-bond donors (Lipinski definition) is 1. The van der Waals surface area contributed by atoms with Crippen LogP contribution in [0.2, 0.25) is 0 Å². The van der Waals surface area contributed by atoms with Gasteiger partial charge in [0.15, 0.2) is 0 Å². The number of nitrogens with two attached hydrogens (primary N) is 1. The fourth-order valence-electron chi connectivity index (χ4n) is 0.287. The molecule has 0 aliphatic heterocycles. The van der Waals surface area contributed by atoms with Crippen molar-refractivity contribution in [2.24, 2.45) is 5.14 Å². The second-order valence-electron chi connectivity index (χ2n) is 1.25. The Kier molecular flexibility index (Phi) is 1.47. The van der Waals surface area contributed by atoms with Crippen LogP contribution in [0.4, 0.5) is 0 Å². The highest BCUT2D eigenvalue weighted by molar-refractivity contribution is 7.91. The summed E-state index contributed by atoms with van der Waals surface area (Å²) in [7, 11) is -3.61. The molecule has 1 heterocycles. The average Bonchev–Trinajstić information content (AvgIpc) is 2.08. The summed E-state index contributed by atoms with van der Waals surface area (Å²) in [5.74, 6) is 0. The van der Waals surface area contributed by atoms with E-state index in [1.807, 2.05) is 0 Å².